The largest absolute Gasteiger partial charge is 0.460 e. The second-order valence-corrected chi connectivity index (χ2v) is 7.09. The molecule has 0 aliphatic carbocycles. The van der Waals surface area contributed by atoms with Crippen molar-refractivity contribution < 1.29 is 19.1 Å². The molecule has 0 bridgehead atoms. The molecule has 2 aliphatic heterocycles. The summed E-state index contributed by atoms with van der Waals surface area (Å²) in [6.07, 6.45) is 1.93. The first-order valence-electron chi connectivity index (χ1n) is 8.20. The standard InChI is InChI=1S/C18H19Cl2NO4/c1-10-17(18(23)25-9-12-3-2-6-24-12)14(8-16(22)21-10)13-5-4-11(19)7-15(13)20/h4-5,7,12,14H,2-3,6,8-9H2,1H3,(H,21,22)/t12-,14-/m0/s1. The van der Waals surface area contributed by atoms with Crippen molar-refractivity contribution in [2.75, 3.05) is 13.2 Å². The van der Waals surface area contributed by atoms with Crippen molar-refractivity contribution in [2.45, 2.75) is 38.2 Å². The molecule has 0 saturated carbocycles. The van der Waals surface area contributed by atoms with Gasteiger partial charge in [-0.25, -0.2) is 4.79 Å². The minimum absolute atomic E-state index is 0.0550. The van der Waals surface area contributed by atoms with Crippen LogP contribution < -0.4 is 5.32 Å². The predicted molar refractivity (Wildman–Crippen MR) is 94.6 cm³/mol. The van der Waals surface area contributed by atoms with Crippen LogP contribution >= 0.6 is 23.2 Å². The Labute approximate surface area is 156 Å². The summed E-state index contributed by atoms with van der Waals surface area (Å²) >= 11 is 12.3. The van der Waals surface area contributed by atoms with Gasteiger partial charge in [0.05, 0.1) is 11.7 Å². The minimum atomic E-state index is -0.462. The highest BCUT2D eigenvalue weighted by molar-refractivity contribution is 6.35. The molecule has 1 fully saturated rings. The first kappa shape index (κ1) is 18.2. The summed E-state index contributed by atoms with van der Waals surface area (Å²) in [5, 5.41) is 3.63. The molecule has 5 nitrogen and oxygen atoms in total. The Hall–Kier alpha value is -1.56. The van der Waals surface area contributed by atoms with Gasteiger partial charge in [-0.05, 0) is 37.5 Å². The zero-order valence-electron chi connectivity index (χ0n) is 13.8. The fraction of sp³-hybridized carbons (Fsp3) is 0.444. The van der Waals surface area contributed by atoms with Crippen molar-refractivity contribution in [3.8, 4) is 0 Å². The molecule has 1 saturated heterocycles. The average Bonchev–Trinajstić information content (AvgIpc) is 3.05. The summed E-state index contributed by atoms with van der Waals surface area (Å²) in [4.78, 5) is 24.7. The molecule has 2 atom stereocenters. The Kier molecular flexibility index (Phi) is 5.67. The van der Waals surface area contributed by atoms with Crippen LogP contribution in [-0.2, 0) is 19.1 Å². The van der Waals surface area contributed by atoms with Crippen molar-refractivity contribution in [1.29, 1.82) is 0 Å². The molecule has 0 unspecified atom stereocenters. The molecule has 2 aliphatic rings. The fourth-order valence-corrected chi connectivity index (χ4v) is 3.78. The zero-order chi connectivity index (χ0) is 18.0. The van der Waals surface area contributed by atoms with Crippen LogP contribution in [0.25, 0.3) is 0 Å². The van der Waals surface area contributed by atoms with Gasteiger partial charge >= 0.3 is 5.97 Å². The SMILES string of the molecule is CC1=C(C(=O)OC[C@@H]2CCCO2)[C@H](c2ccc(Cl)cc2Cl)CC(=O)N1. The molecule has 1 N–H and O–H groups in total. The normalized spacial score (nSPS) is 23.6. The van der Waals surface area contributed by atoms with E-state index < -0.39 is 11.9 Å². The Morgan fingerprint density at radius 1 is 1.40 bits per heavy atom. The van der Waals surface area contributed by atoms with Crippen molar-refractivity contribution in [2.24, 2.45) is 0 Å². The van der Waals surface area contributed by atoms with E-state index in [0.29, 0.717) is 33.5 Å². The number of ether oxygens (including phenoxy) is 2. The number of esters is 1. The number of carbonyl (C=O) groups excluding carboxylic acids is 2. The number of hydrogen-bond acceptors (Lipinski definition) is 4. The van der Waals surface area contributed by atoms with Gasteiger partial charge in [0, 0.05) is 34.7 Å². The lowest BCUT2D eigenvalue weighted by Gasteiger charge is -2.27. The van der Waals surface area contributed by atoms with Crippen LogP contribution in [0.4, 0.5) is 0 Å². The number of benzene rings is 1. The third kappa shape index (κ3) is 4.17. The minimum Gasteiger partial charge on any atom is -0.460 e. The Balaban J connectivity index is 1.85. The van der Waals surface area contributed by atoms with Gasteiger partial charge in [0.1, 0.15) is 6.61 Å². The molecular formula is C18H19Cl2NO4. The molecule has 1 amide bonds. The summed E-state index contributed by atoms with van der Waals surface area (Å²) in [7, 11) is 0. The molecule has 25 heavy (non-hydrogen) atoms. The van der Waals surface area contributed by atoms with Crippen LogP contribution in [-0.4, -0.2) is 31.2 Å². The van der Waals surface area contributed by atoms with Crippen LogP contribution in [0, 0.1) is 0 Å². The van der Waals surface area contributed by atoms with Crippen molar-refractivity contribution in [3.63, 3.8) is 0 Å². The summed E-state index contributed by atoms with van der Waals surface area (Å²) in [5.41, 5.74) is 1.59. The van der Waals surface area contributed by atoms with Gasteiger partial charge in [0.2, 0.25) is 5.91 Å². The lowest BCUT2D eigenvalue weighted by molar-refractivity contribution is -0.142. The van der Waals surface area contributed by atoms with Crippen LogP contribution in [0.2, 0.25) is 10.0 Å². The van der Waals surface area contributed by atoms with E-state index in [-0.39, 0.29) is 25.0 Å². The summed E-state index contributed by atoms with van der Waals surface area (Å²) < 4.78 is 10.9. The molecule has 134 valence electrons. The smallest absolute Gasteiger partial charge is 0.336 e. The van der Waals surface area contributed by atoms with E-state index in [1.54, 1.807) is 25.1 Å². The Morgan fingerprint density at radius 2 is 2.20 bits per heavy atom. The highest BCUT2D eigenvalue weighted by atomic mass is 35.5. The Morgan fingerprint density at radius 3 is 2.88 bits per heavy atom. The van der Waals surface area contributed by atoms with Gasteiger partial charge in [-0.2, -0.15) is 0 Å². The van der Waals surface area contributed by atoms with Gasteiger partial charge in [0.15, 0.2) is 0 Å². The molecule has 0 aromatic heterocycles. The lowest BCUT2D eigenvalue weighted by atomic mass is 9.84. The number of carbonyl (C=O) groups is 2. The molecule has 7 heteroatoms. The summed E-state index contributed by atoms with van der Waals surface area (Å²) in [6.45, 7) is 2.60. The quantitative estimate of drug-likeness (QED) is 0.806. The second kappa shape index (κ2) is 7.77. The monoisotopic (exact) mass is 383 g/mol. The summed E-state index contributed by atoms with van der Waals surface area (Å²) in [5.74, 6) is -1.08. The van der Waals surface area contributed by atoms with Crippen LogP contribution in [0.1, 0.15) is 37.7 Å². The first-order valence-corrected chi connectivity index (χ1v) is 8.95. The number of amides is 1. The first-order chi connectivity index (χ1) is 12.0. The third-order valence-corrected chi connectivity index (χ3v) is 5.01. The number of rotatable bonds is 4. The lowest BCUT2D eigenvalue weighted by Crippen LogP contribution is -2.34. The van der Waals surface area contributed by atoms with E-state index in [4.69, 9.17) is 32.7 Å². The van der Waals surface area contributed by atoms with Gasteiger partial charge in [0.25, 0.3) is 0 Å². The highest BCUT2D eigenvalue weighted by Gasteiger charge is 2.34. The van der Waals surface area contributed by atoms with Crippen LogP contribution in [0.15, 0.2) is 29.5 Å². The Bertz CT molecular complexity index is 726. The van der Waals surface area contributed by atoms with Crippen LogP contribution in [0.3, 0.4) is 0 Å². The van der Waals surface area contributed by atoms with Crippen molar-refractivity contribution in [1.82, 2.24) is 5.32 Å². The van der Waals surface area contributed by atoms with Crippen LogP contribution in [0.5, 0.6) is 0 Å². The van der Waals surface area contributed by atoms with Crippen molar-refractivity contribution >= 4 is 35.1 Å². The molecule has 0 radical (unpaired) electrons. The van der Waals surface area contributed by atoms with Gasteiger partial charge in [-0.15, -0.1) is 0 Å². The maximum absolute atomic E-state index is 12.7. The fourth-order valence-electron chi connectivity index (χ4n) is 3.24. The topological polar surface area (TPSA) is 64.6 Å². The zero-order valence-corrected chi connectivity index (χ0v) is 15.3. The van der Waals surface area contributed by atoms with E-state index in [1.807, 2.05) is 0 Å². The number of nitrogens with one attached hydrogen (secondary N) is 1. The predicted octanol–water partition coefficient (Wildman–Crippen LogP) is 3.59. The molecule has 2 heterocycles. The number of allylic oxidation sites excluding steroid dienone is 1. The van der Waals surface area contributed by atoms with E-state index in [0.717, 1.165) is 12.8 Å². The molecule has 3 rings (SSSR count). The van der Waals surface area contributed by atoms with Gasteiger partial charge in [-0.3, -0.25) is 4.79 Å². The van der Waals surface area contributed by atoms with E-state index in [9.17, 15) is 9.59 Å². The molecule has 1 aromatic rings. The van der Waals surface area contributed by atoms with E-state index >= 15 is 0 Å². The molecule has 1 aromatic carbocycles. The van der Waals surface area contributed by atoms with E-state index in [1.165, 1.54) is 0 Å². The second-order valence-electron chi connectivity index (χ2n) is 6.24. The van der Waals surface area contributed by atoms with Crippen molar-refractivity contribution in [3.05, 3.63) is 45.1 Å². The average molecular weight is 384 g/mol. The maximum atomic E-state index is 12.7. The number of halogens is 2. The highest BCUT2D eigenvalue weighted by Crippen LogP contribution is 2.38. The van der Waals surface area contributed by atoms with Gasteiger partial charge in [-0.1, -0.05) is 29.3 Å². The maximum Gasteiger partial charge on any atom is 0.336 e. The molecule has 0 spiro atoms. The number of hydrogen-bond donors (Lipinski definition) is 1. The summed E-state index contributed by atoms with van der Waals surface area (Å²) in [6, 6.07) is 5.05. The molecular weight excluding hydrogens is 365 g/mol. The van der Waals surface area contributed by atoms with E-state index in [2.05, 4.69) is 5.32 Å². The van der Waals surface area contributed by atoms with Gasteiger partial charge < -0.3 is 14.8 Å². The third-order valence-electron chi connectivity index (χ3n) is 4.45.